The van der Waals surface area contributed by atoms with Gasteiger partial charge in [0.2, 0.25) is 0 Å². The average Bonchev–Trinajstić information content (AvgIpc) is 2.81. The van der Waals surface area contributed by atoms with Crippen LogP contribution >= 0.6 is 0 Å². The Hall–Kier alpha value is -3.11. The van der Waals surface area contributed by atoms with Gasteiger partial charge in [-0.3, -0.25) is 19.8 Å². The van der Waals surface area contributed by atoms with E-state index in [4.69, 9.17) is 10.3 Å². The predicted molar refractivity (Wildman–Crippen MR) is 93.0 cm³/mol. The van der Waals surface area contributed by atoms with Crippen molar-refractivity contribution >= 4 is 17.5 Å². The minimum atomic E-state index is -0.921. The maximum absolute atomic E-state index is 13.8. The average molecular weight is 383 g/mol. The summed E-state index contributed by atoms with van der Waals surface area (Å²) in [5.41, 5.74) is 0.677. The smallest absolute Gasteiger partial charge is 0.288 e. The number of rotatable bonds is 7. The highest BCUT2D eigenvalue weighted by Crippen LogP contribution is 2.20. The van der Waals surface area contributed by atoms with E-state index >= 15 is 0 Å². The van der Waals surface area contributed by atoms with Gasteiger partial charge < -0.3 is 15.5 Å². The Kier molecular flexibility index (Phi) is 8.76. The first-order valence-corrected chi connectivity index (χ1v) is 7.68. The van der Waals surface area contributed by atoms with E-state index < -0.39 is 30.1 Å². The highest BCUT2D eigenvalue weighted by molar-refractivity contribution is 6.37. The second-order valence-electron chi connectivity index (χ2n) is 5.24. The molecule has 10 heteroatoms. The zero-order valence-corrected chi connectivity index (χ0v) is 14.4. The summed E-state index contributed by atoms with van der Waals surface area (Å²) in [5.74, 6) is -3.34. The second kappa shape index (κ2) is 10.8. The lowest BCUT2D eigenvalue weighted by atomic mass is 10.1. The van der Waals surface area contributed by atoms with Crippen LogP contribution in [0.4, 0.5) is 8.78 Å². The lowest BCUT2D eigenvalue weighted by Crippen LogP contribution is -2.29. The minimum absolute atomic E-state index is 0.0458. The Morgan fingerprint density at radius 1 is 1.30 bits per heavy atom. The Morgan fingerprint density at radius 2 is 2.00 bits per heavy atom. The molecule has 5 N–H and O–H groups in total. The zero-order valence-electron chi connectivity index (χ0n) is 14.4. The Labute approximate surface area is 153 Å². The lowest BCUT2D eigenvalue weighted by molar-refractivity contribution is -0.122. The highest BCUT2D eigenvalue weighted by Gasteiger charge is 2.17. The number of aliphatic hydroxyl groups excluding tert-OH is 2. The molecule has 0 radical (unpaired) electrons. The lowest BCUT2D eigenvalue weighted by Gasteiger charge is -2.11. The molecule has 0 aromatic rings. The zero-order chi connectivity index (χ0) is 20.4. The third kappa shape index (κ3) is 6.60. The van der Waals surface area contributed by atoms with Crippen molar-refractivity contribution in [3.63, 3.8) is 0 Å². The molecule has 0 spiro atoms. The van der Waals surface area contributed by atoms with Crippen LogP contribution in [-0.4, -0.2) is 46.1 Å². The number of nitrogens with one attached hydrogen (secondary N) is 2. The fraction of sp³-hybridized carbons (Fsp3) is 0.235. The number of allylic oxidation sites excluding steroid dienone is 4. The van der Waals surface area contributed by atoms with Crippen LogP contribution in [-0.2, 0) is 9.59 Å². The van der Waals surface area contributed by atoms with Gasteiger partial charge in [-0.1, -0.05) is 6.08 Å². The number of amides is 2. The molecule has 1 rings (SSSR count). The van der Waals surface area contributed by atoms with Gasteiger partial charge in [-0.25, -0.2) is 14.3 Å². The number of aliphatic hydroxyl groups is 2. The largest absolute Gasteiger partial charge is 0.515 e. The van der Waals surface area contributed by atoms with Crippen molar-refractivity contribution in [2.75, 3.05) is 13.2 Å². The van der Waals surface area contributed by atoms with Crippen molar-refractivity contribution in [3.05, 3.63) is 59.1 Å². The molecule has 0 aliphatic heterocycles. The second-order valence-corrected chi connectivity index (χ2v) is 5.24. The number of carbonyl (C=O) groups excluding carboxylic acids is 2. The van der Waals surface area contributed by atoms with E-state index in [9.17, 15) is 23.5 Å². The van der Waals surface area contributed by atoms with Crippen molar-refractivity contribution in [2.24, 2.45) is 4.99 Å². The summed E-state index contributed by atoms with van der Waals surface area (Å²) < 4.78 is 27.0. The number of nitrogens with zero attached hydrogens (tertiary/aromatic N) is 1. The molecular formula is C17H19F2N3O5. The normalized spacial score (nSPS) is 16.0. The number of hydrogen-bond donors (Lipinski definition) is 5. The number of aliphatic imine (C=N–C) groups is 1. The Morgan fingerprint density at radius 3 is 2.59 bits per heavy atom. The van der Waals surface area contributed by atoms with Crippen molar-refractivity contribution in [3.8, 4) is 0 Å². The molecule has 0 aromatic heterocycles. The molecule has 0 unspecified atom stereocenters. The van der Waals surface area contributed by atoms with Gasteiger partial charge in [0.05, 0.1) is 18.4 Å². The number of halogens is 2. The first kappa shape index (κ1) is 21.9. The van der Waals surface area contributed by atoms with Gasteiger partial charge in [-0.05, 0) is 19.4 Å². The minimum Gasteiger partial charge on any atom is -0.515 e. The molecule has 1 aliphatic rings. The summed E-state index contributed by atoms with van der Waals surface area (Å²) in [7, 11) is 0. The summed E-state index contributed by atoms with van der Waals surface area (Å²) in [6.07, 6.45) is 4.77. The summed E-state index contributed by atoms with van der Waals surface area (Å²) in [6, 6.07) is 0. The molecule has 146 valence electrons. The monoisotopic (exact) mass is 383 g/mol. The third-order valence-electron chi connectivity index (χ3n) is 3.42. The topological polar surface area (TPSA) is 131 Å². The molecule has 27 heavy (non-hydrogen) atoms. The molecule has 1 aliphatic carbocycles. The van der Waals surface area contributed by atoms with E-state index in [1.807, 2.05) is 0 Å². The molecule has 8 nitrogen and oxygen atoms in total. The van der Waals surface area contributed by atoms with Crippen LogP contribution in [0.1, 0.15) is 13.3 Å². The summed E-state index contributed by atoms with van der Waals surface area (Å²) in [5, 5.41) is 29.3. The van der Waals surface area contributed by atoms with Crippen LogP contribution in [0, 0.1) is 0 Å². The molecule has 2 amide bonds. The van der Waals surface area contributed by atoms with Crippen LogP contribution in [0.2, 0.25) is 0 Å². The van der Waals surface area contributed by atoms with E-state index in [1.54, 1.807) is 0 Å². The van der Waals surface area contributed by atoms with E-state index in [0.29, 0.717) is 12.3 Å². The summed E-state index contributed by atoms with van der Waals surface area (Å²) >= 11 is 0. The molecule has 0 heterocycles. The van der Waals surface area contributed by atoms with Crippen molar-refractivity contribution in [1.29, 1.82) is 0 Å². The maximum Gasteiger partial charge on any atom is 0.288 e. The first-order valence-electron chi connectivity index (χ1n) is 7.68. The van der Waals surface area contributed by atoms with Crippen molar-refractivity contribution < 1.29 is 33.8 Å². The predicted octanol–water partition coefficient (Wildman–Crippen LogP) is 1.42. The molecule has 0 bridgehead atoms. The molecule has 0 atom stereocenters. The Bertz CT molecular complexity index is 779. The third-order valence-corrected chi connectivity index (χ3v) is 3.42. The van der Waals surface area contributed by atoms with Gasteiger partial charge in [0.25, 0.3) is 11.8 Å². The van der Waals surface area contributed by atoms with Gasteiger partial charge in [-0.15, -0.1) is 0 Å². The highest BCUT2D eigenvalue weighted by atomic mass is 19.1. The van der Waals surface area contributed by atoms with Crippen LogP contribution in [0.15, 0.2) is 64.1 Å². The number of hydrogen-bond acceptors (Lipinski definition) is 6. The number of carbonyl (C=O) groups is 2. The van der Waals surface area contributed by atoms with E-state index in [2.05, 4.69) is 10.3 Å². The number of hydroxylamine groups is 1. The molecule has 0 saturated heterocycles. The van der Waals surface area contributed by atoms with E-state index in [0.717, 1.165) is 6.20 Å². The van der Waals surface area contributed by atoms with Crippen LogP contribution < -0.4 is 10.8 Å². The quantitative estimate of drug-likeness (QED) is 0.113. The van der Waals surface area contributed by atoms with Crippen molar-refractivity contribution in [1.82, 2.24) is 10.8 Å². The maximum atomic E-state index is 13.8. The summed E-state index contributed by atoms with van der Waals surface area (Å²) in [4.78, 5) is 27.2. The van der Waals surface area contributed by atoms with Gasteiger partial charge >= 0.3 is 0 Å². The molecule has 0 aromatic carbocycles. The molecular weight excluding hydrogens is 364 g/mol. The standard InChI is InChI=1S/C17H19F2N3O5/c1-10(16(25)22-27)20-7-14(12(8-23)9-24)17(26)21-6-11-3-2-4-13(18)5-15(11)19/h3-5,7-8,23-24,27H,2,6,9H2,1H3,(H,21,26)(H,22,25)/b12-8+,14-7+,20-10?. The van der Waals surface area contributed by atoms with Gasteiger partial charge in [0.1, 0.15) is 17.4 Å². The van der Waals surface area contributed by atoms with Crippen LogP contribution in [0.25, 0.3) is 0 Å². The fourth-order valence-electron chi connectivity index (χ4n) is 1.90. The van der Waals surface area contributed by atoms with Crippen molar-refractivity contribution in [2.45, 2.75) is 13.3 Å². The summed E-state index contributed by atoms with van der Waals surface area (Å²) in [6.45, 7) is 0.239. The van der Waals surface area contributed by atoms with Gasteiger partial charge in [-0.2, -0.15) is 0 Å². The van der Waals surface area contributed by atoms with Gasteiger partial charge in [0.15, 0.2) is 0 Å². The van der Waals surface area contributed by atoms with Crippen LogP contribution in [0.5, 0.6) is 0 Å². The SMILES string of the molecule is CC(=N/C=C(C(=O)NCC1=CCC=C(F)C=C1F)\C(=C\O)CO)C(=O)NO. The van der Waals surface area contributed by atoms with E-state index in [1.165, 1.54) is 24.6 Å². The Balaban J connectivity index is 3.00. The van der Waals surface area contributed by atoms with Crippen LogP contribution in [0.3, 0.4) is 0 Å². The first-order chi connectivity index (χ1) is 12.8. The van der Waals surface area contributed by atoms with E-state index in [-0.39, 0.29) is 35.4 Å². The molecule has 0 fully saturated rings. The fourth-order valence-corrected chi connectivity index (χ4v) is 1.90. The molecule has 0 saturated carbocycles. The van der Waals surface area contributed by atoms with Gasteiger partial charge in [0, 0.05) is 30.0 Å².